The summed E-state index contributed by atoms with van der Waals surface area (Å²) in [7, 11) is 0. The molecule has 0 amide bonds. The van der Waals surface area contributed by atoms with Crippen molar-refractivity contribution in [3.8, 4) is 11.5 Å². The van der Waals surface area contributed by atoms with Gasteiger partial charge in [0.1, 0.15) is 0 Å². The molecule has 0 saturated heterocycles. The highest BCUT2D eigenvalue weighted by atomic mass is 32.1. The second-order valence-electron chi connectivity index (χ2n) is 3.90. The molecule has 7 heteroatoms. The van der Waals surface area contributed by atoms with E-state index in [1.165, 1.54) is 6.07 Å². The number of thiophene rings is 1. The third-order valence-corrected chi connectivity index (χ3v) is 3.70. The minimum absolute atomic E-state index is 0.125. The number of nitro groups is 1. The van der Waals surface area contributed by atoms with E-state index in [2.05, 4.69) is 5.32 Å². The van der Waals surface area contributed by atoms with E-state index in [9.17, 15) is 10.1 Å². The van der Waals surface area contributed by atoms with Gasteiger partial charge in [0.25, 0.3) is 0 Å². The lowest BCUT2D eigenvalue weighted by atomic mass is 10.2. The molecule has 0 spiro atoms. The highest BCUT2D eigenvalue weighted by molar-refractivity contribution is 7.19. The van der Waals surface area contributed by atoms with E-state index in [0.717, 1.165) is 33.4 Å². The second-order valence-corrected chi connectivity index (χ2v) is 4.96. The molecule has 1 aliphatic rings. The Kier molecular flexibility index (Phi) is 2.96. The van der Waals surface area contributed by atoms with Gasteiger partial charge in [-0.25, -0.2) is 0 Å². The first-order valence-corrected chi connectivity index (χ1v) is 6.41. The van der Waals surface area contributed by atoms with Gasteiger partial charge in [0.2, 0.25) is 6.79 Å². The van der Waals surface area contributed by atoms with Crippen LogP contribution in [0.1, 0.15) is 5.56 Å². The molecule has 0 bridgehead atoms. The maximum Gasteiger partial charge on any atom is 0.326 e. The van der Waals surface area contributed by atoms with Crippen molar-refractivity contribution in [3.63, 3.8) is 0 Å². The van der Waals surface area contributed by atoms with Crippen LogP contribution in [0.5, 0.6) is 11.5 Å². The Labute approximate surface area is 112 Å². The Morgan fingerprint density at radius 3 is 3.00 bits per heavy atom. The lowest BCUT2D eigenvalue weighted by Crippen LogP contribution is -1.99. The third kappa shape index (κ3) is 2.32. The Hall–Kier alpha value is -2.28. The molecule has 0 saturated carbocycles. The van der Waals surface area contributed by atoms with E-state index >= 15 is 0 Å². The Morgan fingerprint density at radius 1 is 1.32 bits per heavy atom. The average molecular weight is 278 g/mol. The normalized spacial score (nSPS) is 12.4. The molecule has 98 valence electrons. The maximum absolute atomic E-state index is 10.6. The smallest absolute Gasteiger partial charge is 0.326 e. The van der Waals surface area contributed by atoms with Gasteiger partial charge in [-0.05, 0) is 23.5 Å². The molecule has 0 unspecified atom stereocenters. The van der Waals surface area contributed by atoms with Gasteiger partial charge >= 0.3 is 5.00 Å². The summed E-state index contributed by atoms with van der Waals surface area (Å²) in [6, 6.07) is 8.86. The minimum Gasteiger partial charge on any atom is -0.454 e. The van der Waals surface area contributed by atoms with Gasteiger partial charge in [0.15, 0.2) is 11.5 Å². The summed E-state index contributed by atoms with van der Waals surface area (Å²) in [5, 5.41) is 14.6. The highest BCUT2D eigenvalue weighted by Crippen LogP contribution is 2.36. The summed E-state index contributed by atoms with van der Waals surface area (Å²) < 4.78 is 10.7. The monoisotopic (exact) mass is 278 g/mol. The van der Waals surface area contributed by atoms with Gasteiger partial charge in [-0.2, -0.15) is 0 Å². The van der Waals surface area contributed by atoms with Gasteiger partial charge in [-0.1, -0.05) is 12.1 Å². The first-order valence-electron chi connectivity index (χ1n) is 5.59. The molecule has 19 heavy (non-hydrogen) atoms. The number of para-hydroxylation sites is 1. The number of hydrogen-bond acceptors (Lipinski definition) is 6. The van der Waals surface area contributed by atoms with E-state index in [-0.39, 0.29) is 11.8 Å². The van der Waals surface area contributed by atoms with Gasteiger partial charge in [0.05, 0.1) is 9.92 Å². The van der Waals surface area contributed by atoms with Crippen LogP contribution in [0.2, 0.25) is 0 Å². The molecule has 1 aromatic heterocycles. The number of fused-ring (bicyclic) bond motifs is 1. The van der Waals surface area contributed by atoms with Crippen LogP contribution < -0.4 is 14.8 Å². The first-order chi connectivity index (χ1) is 9.24. The van der Waals surface area contributed by atoms with Crippen LogP contribution >= 0.6 is 11.3 Å². The topological polar surface area (TPSA) is 73.6 Å². The van der Waals surface area contributed by atoms with E-state index < -0.39 is 4.92 Å². The molecule has 1 aliphatic heterocycles. The number of ether oxygens (including phenoxy) is 2. The van der Waals surface area contributed by atoms with Crippen LogP contribution in [-0.4, -0.2) is 11.7 Å². The Morgan fingerprint density at radius 2 is 2.21 bits per heavy atom. The number of nitrogens with one attached hydrogen (secondary N) is 1. The SMILES string of the molecule is O=[N+]([O-])c1ccc(NCc2cccc3c2OCO3)s1. The zero-order chi connectivity index (χ0) is 13.2. The summed E-state index contributed by atoms with van der Waals surface area (Å²) >= 11 is 1.11. The largest absolute Gasteiger partial charge is 0.454 e. The lowest BCUT2D eigenvalue weighted by molar-refractivity contribution is -0.380. The summed E-state index contributed by atoms with van der Waals surface area (Å²) in [6.07, 6.45) is 0. The zero-order valence-electron chi connectivity index (χ0n) is 9.79. The summed E-state index contributed by atoms with van der Waals surface area (Å²) in [5.74, 6) is 1.47. The van der Waals surface area contributed by atoms with E-state index in [1.54, 1.807) is 6.07 Å². The number of benzene rings is 1. The molecule has 0 radical (unpaired) electrons. The molecular formula is C12H10N2O4S. The summed E-state index contributed by atoms with van der Waals surface area (Å²) in [6.45, 7) is 0.765. The third-order valence-electron chi connectivity index (χ3n) is 2.70. The molecular weight excluding hydrogens is 268 g/mol. The van der Waals surface area contributed by atoms with Crippen molar-refractivity contribution < 1.29 is 14.4 Å². The van der Waals surface area contributed by atoms with E-state index in [0.29, 0.717) is 6.54 Å². The molecule has 0 aliphatic carbocycles. The second kappa shape index (κ2) is 4.77. The van der Waals surface area contributed by atoms with Crippen molar-refractivity contribution in [3.05, 3.63) is 46.0 Å². The number of anilines is 1. The molecule has 1 aromatic carbocycles. The van der Waals surface area contributed by atoms with Crippen molar-refractivity contribution in [1.82, 2.24) is 0 Å². The maximum atomic E-state index is 10.6. The standard InChI is InChI=1S/C12H10N2O4S/c15-14(16)11-5-4-10(19-11)13-6-8-2-1-3-9-12(8)18-7-17-9/h1-5,13H,6-7H2. The Bertz CT molecular complexity index is 626. The molecule has 0 fully saturated rings. The van der Waals surface area contributed by atoms with Gasteiger partial charge < -0.3 is 14.8 Å². The van der Waals surface area contributed by atoms with Gasteiger partial charge in [-0.15, -0.1) is 0 Å². The summed E-state index contributed by atoms with van der Waals surface area (Å²) in [5.41, 5.74) is 0.964. The average Bonchev–Trinajstić information content (AvgIpc) is 3.05. The molecule has 1 N–H and O–H groups in total. The molecule has 2 heterocycles. The van der Waals surface area contributed by atoms with Crippen molar-refractivity contribution in [1.29, 1.82) is 0 Å². The van der Waals surface area contributed by atoms with Crippen molar-refractivity contribution in [2.75, 3.05) is 12.1 Å². The fourth-order valence-electron chi connectivity index (χ4n) is 1.83. The summed E-state index contributed by atoms with van der Waals surface area (Å²) in [4.78, 5) is 10.2. The fourth-order valence-corrected chi connectivity index (χ4v) is 2.55. The molecule has 3 rings (SSSR count). The van der Waals surface area contributed by atoms with Crippen molar-refractivity contribution in [2.45, 2.75) is 6.54 Å². The lowest BCUT2D eigenvalue weighted by Gasteiger charge is -2.06. The molecule has 2 aromatic rings. The van der Waals surface area contributed by atoms with E-state index in [4.69, 9.17) is 9.47 Å². The predicted molar refractivity (Wildman–Crippen MR) is 70.9 cm³/mol. The predicted octanol–water partition coefficient (Wildman–Crippen LogP) is 3.00. The quantitative estimate of drug-likeness (QED) is 0.687. The van der Waals surface area contributed by atoms with Crippen LogP contribution in [-0.2, 0) is 6.54 Å². The van der Waals surface area contributed by atoms with Crippen LogP contribution in [0.25, 0.3) is 0 Å². The van der Waals surface area contributed by atoms with Crippen LogP contribution in [0.4, 0.5) is 10.0 Å². The van der Waals surface area contributed by atoms with Crippen molar-refractivity contribution >= 4 is 21.3 Å². The number of hydrogen-bond donors (Lipinski definition) is 1. The van der Waals surface area contributed by atoms with Crippen molar-refractivity contribution in [2.24, 2.45) is 0 Å². The Balaban J connectivity index is 1.72. The molecule has 0 atom stereocenters. The highest BCUT2D eigenvalue weighted by Gasteiger charge is 2.17. The minimum atomic E-state index is -0.396. The van der Waals surface area contributed by atoms with Gasteiger partial charge in [-0.3, -0.25) is 10.1 Å². The van der Waals surface area contributed by atoms with Crippen LogP contribution in [0.3, 0.4) is 0 Å². The first kappa shape index (κ1) is 11.8. The number of rotatable bonds is 4. The zero-order valence-corrected chi connectivity index (χ0v) is 10.6. The fraction of sp³-hybridized carbons (Fsp3) is 0.167. The molecule has 6 nitrogen and oxygen atoms in total. The number of nitrogens with zero attached hydrogens (tertiary/aromatic N) is 1. The van der Waals surface area contributed by atoms with Crippen LogP contribution in [0.15, 0.2) is 30.3 Å². The van der Waals surface area contributed by atoms with Gasteiger partial charge in [0, 0.05) is 18.2 Å². The van der Waals surface area contributed by atoms with Crippen LogP contribution in [0, 0.1) is 10.1 Å². The van der Waals surface area contributed by atoms with E-state index in [1.807, 2.05) is 18.2 Å².